The summed E-state index contributed by atoms with van der Waals surface area (Å²) in [6, 6.07) is 5.58. The van der Waals surface area contributed by atoms with E-state index in [0.717, 1.165) is 0 Å². The molecule has 1 atom stereocenters. The van der Waals surface area contributed by atoms with Gasteiger partial charge in [0.1, 0.15) is 5.82 Å². The van der Waals surface area contributed by atoms with Crippen LogP contribution < -0.4 is 5.32 Å². The normalized spacial score (nSPS) is 18.0. The maximum Gasteiger partial charge on any atom is 0.340 e. The van der Waals surface area contributed by atoms with E-state index in [1.165, 1.54) is 22.9 Å². The molecular formula is C17H17Cl2N3O5S. The lowest BCUT2D eigenvalue weighted by molar-refractivity contribution is -0.119. The molecule has 0 aliphatic carbocycles. The summed E-state index contributed by atoms with van der Waals surface area (Å²) >= 11 is 11.7. The van der Waals surface area contributed by atoms with E-state index in [9.17, 15) is 18.0 Å². The van der Waals surface area contributed by atoms with E-state index in [-0.39, 0.29) is 28.1 Å². The minimum Gasteiger partial charge on any atom is -0.452 e. The van der Waals surface area contributed by atoms with Crippen molar-refractivity contribution in [2.24, 2.45) is 0 Å². The summed E-state index contributed by atoms with van der Waals surface area (Å²) in [5, 5.41) is 7.37. The first-order valence-electron chi connectivity index (χ1n) is 8.33. The van der Waals surface area contributed by atoms with Crippen LogP contribution in [0.4, 0.5) is 5.82 Å². The Morgan fingerprint density at radius 3 is 2.71 bits per heavy atom. The number of hydrogen-bond acceptors (Lipinski definition) is 6. The molecule has 0 radical (unpaired) electrons. The summed E-state index contributed by atoms with van der Waals surface area (Å²) < 4.78 is 29.9. The van der Waals surface area contributed by atoms with Gasteiger partial charge >= 0.3 is 5.97 Å². The Morgan fingerprint density at radius 2 is 2.07 bits per heavy atom. The van der Waals surface area contributed by atoms with Crippen LogP contribution >= 0.6 is 23.2 Å². The smallest absolute Gasteiger partial charge is 0.340 e. The number of aryl methyl sites for hydroxylation is 1. The Hall–Kier alpha value is -2.10. The van der Waals surface area contributed by atoms with E-state index in [4.69, 9.17) is 27.9 Å². The van der Waals surface area contributed by atoms with Gasteiger partial charge in [-0.25, -0.2) is 17.9 Å². The van der Waals surface area contributed by atoms with Crippen LogP contribution in [0.1, 0.15) is 28.5 Å². The fourth-order valence-corrected chi connectivity index (χ4v) is 5.08. The number of ether oxygens (including phenoxy) is 1. The van der Waals surface area contributed by atoms with Gasteiger partial charge in [0.05, 0.1) is 33.8 Å². The molecule has 0 saturated carbocycles. The van der Waals surface area contributed by atoms with Gasteiger partial charge in [0.25, 0.3) is 5.91 Å². The summed E-state index contributed by atoms with van der Waals surface area (Å²) in [4.78, 5) is 24.3. The molecule has 150 valence electrons. The average molecular weight is 446 g/mol. The van der Waals surface area contributed by atoms with Gasteiger partial charge in [-0.2, -0.15) is 5.10 Å². The molecule has 1 N–H and O–H groups in total. The van der Waals surface area contributed by atoms with Gasteiger partial charge in [0.2, 0.25) is 0 Å². The van der Waals surface area contributed by atoms with Crippen LogP contribution in [0.2, 0.25) is 10.0 Å². The SMILES string of the molecule is Cc1cc(NC(=O)COC(=O)c2ccc(Cl)cc2Cl)n(C2CCS(=O)(=O)C2)n1. The molecule has 1 aromatic heterocycles. The van der Waals surface area contributed by atoms with Gasteiger partial charge in [0, 0.05) is 11.1 Å². The minimum absolute atomic E-state index is 0.0267. The quantitative estimate of drug-likeness (QED) is 0.708. The van der Waals surface area contributed by atoms with Crippen molar-refractivity contribution in [3.05, 3.63) is 45.6 Å². The second kappa shape index (κ2) is 8.10. The molecule has 11 heteroatoms. The topological polar surface area (TPSA) is 107 Å². The van der Waals surface area contributed by atoms with Gasteiger partial charge in [-0.3, -0.25) is 4.79 Å². The van der Waals surface area contributed by atoms with Crippen LogP contribution in [0.3, 0.4) is 0 Å². The predicted molar refractivity (Wildman–Crippen MR) is 105 cm³/mol. The van der Waals surface area contributed by atoms with Gasteiger partial charge in [0.15, 0.2) is 16.4 Å². The highest BCUT2D eigenvalue weighted by Gasteiger charge is 2.31. The van der Waals surface area contributed by atoms with E-state index in [1.54, 1.807) is 13.0 Å². The first kappa shape index (κ1) is 20.6. The van der Waals surface area contributed by atoms with E-state index < -0.39 is 28.3 Å². The highest BCUT2D eigenvalue weighted by Crippen LogP contribution is 2.27. The van der Waals surface area contributed by atoms with Gasteiger partial charge < -0.3 is 10.1 Å². The van der Waals surface area contributed by atoms with Gasteiger partial charge in [-0.15, -0.1) is 0 Å². The second-order valence-corrected chi connectivity index (χ2v) is 9.49. The Morgan fingerprint density at radius 1 is 1.32 bits per heavy atom. The maximum absolute atomic E-state index is 12.2. The fraction of sp³-hybridized carbons (Fsp3) is 0.353. The number of hydrogen-bond donors (Lipinski definition) is 1. The first-order valence-corrected chi connectivity index (χ1v) is 10.9. The van der Waals surface area contributed by atoms with E-state index in [2.05, 4.69) is 10.4 Å². The third-order valence-corrected chi connectivity index (χ3v) is 6.46. The Bertz CT molecular complexity index is 1040. The number of esters is 1. The number of benzene rings is 1. The molecule has 1 aliphatic heterocycles. The number of halogens is 2. The number of carbonyl (C=O) groups is 2. The lowest BCUT2D eigenvalue weighted by atomic mass is 10.2. The van der Waals surface area contributed by atoms with Crippen LogP contribution in [0.5, 0.6) is 0 Å². The zero-order valence-corrected chi connectivity index (χ0v) is 17.1. The molecule has 2 heterocycles. The van der Waals surface area contributed by atoms with Crippen molar-refractivity contribution in [2.75, 3.05) is 23.4 Å². The van der Waals surface area contributed by atoms with E-state index in [1.807, 2.05) is 0 Å². The number of nitrogens with one attached hydrogen (secondary N) is 1. The highest BCUT2D eigenvalue weighted by molar-refractivity contribution is 7.91. The number of carbonyl (C=O) groups excluding carboxylic acids is 2. The Labute approximate surface area is 171 Å². The van der Waals surface area contributed by atoms with Gasteiger partial charge in [-0.1, -0.05) is 23.2 Å². The highest BCUT2D eigenvalue weighted by atomic mass is 35.5. The van der Waals surface area contributed by atoms with Crippen LogP contribution in [0.15, 0.2) is 24.3 Å². The Kier molecular flexibility index (Phi) is 5.97. The molecule has 0 bridgehead atoms. The molecule has 8 nitrogen and oxygen atoms in total. The van der Waals surface area contributed by atoms with E-state index >= 15 is 0 Å². The minimum atomic E-state index is -3.10. The van der Waals surface area contributed by atoms with Crippen molar-refractivity contribution in [3.63, 3.8) is 0 Å². The molecule has 1 aliphatic rings. The zero-order chi connectivity index (χ0) is 20.5. The molecule has 1 aromatic carbocycles. The number of amides is 1. The van der Waals surface area contributed by atoms with Crippen LogP contribution in [-0.2, 0) is 19.4 Å². The summed E-state index contributed by atoms with van der Waals surface area (Å²) in [6.45, 7) is 1.20. The molecule has 1 unspecified atom stereocenters. The molecule has 3 rings (SSSR count). The molecule has 28 heavy (non-hydrogen) atoms. The standard InChI is InChI=1S/C17H17Cl2N3O5S/c1-10-6-15(22(21-10)12-4-5-28(25,26)9-12)20-16(23)8-27-17(24)13-3-2-11(18)7-14(13)19/h2-3,6-7,12H,4-5,8-9H2,1H3,(H,20,23). The molecule has 0 spiro atoms. The first-order chi connectivity index (χ1) is 13.1. The van der Waals surface area contributed by atoms with E-state index in [0.29, 0.717) is 23.0 Å². The Balaban J connectivity index is 1.63. The summed E-state index contributed by atoms with van der Waals surface area (Å²) in [5.74, 6) is -0.932. The molecular weight excluding hydrogens is 429 g/mol. The van der Waals surface area contributed by atoms with Crippen LogP contribution in [-0.4, -0.2) is 48.2 Å². The van der Waals surface area contributed by atoms with Crippen molar-refractivity contribution in [2.45, 2.75) is 19.4 Å². The average Bonchev–Trinajstić information content (AvgIpc) is 3.14. The summed E-state index contributed by atoms with van der Waals surface area (Å²) in [6.07, 6.45) is 0.427. The summed E-state index contributed by atoms with van der Waals surface area (Å²) in [7, 11) is -3.10. The molecule has 1 fully saturated rings. The third kappa shape index (κ3) is 4.84. The summed E-state index contributed by atoms with van der Waals surface area (Å²) in [5.41, 5.74) is 0.723. The fourth-order valence-electron chi connectivity index (χ4n) is 2.90. The zero-order valence-electron chi connectivity index (χ0n) is 14.8. The lowest BCUT2D eigenvalue weighted by Gasteiger charge is -2.14. The van der Waals surface area contributed by atoms with Crippen LogP contribution in [0.25, 0.3) is 0 Å². The molecule has 1 saturated heterocycles. The van der Waals surface area contributed by atoms with Crippen molar-refractivity contribution in [1.82, 2.24) is 9.78 Å². The molecule has 1 amide bonds. The van der Waals surface area contributed by atoms with Crippen molar-refractivity contribution < 1.29 is 22.7 Å². The largest absolute Gasteiger partial charge is 0.452 e. The number of aromatic nitrogens is 2. The van der Waals surface area contributed by atoms with Crippen LogP contribution in [0, 0.1) is 6.92 Å². The third-order valence-electron chi connectivity index (χ3n) is 4.17. The van der Waals surface area contributed by atoms with Crippen molar-refractivity contribution in [3.8, 4) is 0 Å². The molecule has 2 aromatic rings. The number of nitrogens with zero attached hydrogens (tertiary/aromatic N) is 2. The predicted octanol–water partition coefficient (Wildman–Crippen LogP) is 2.65. The number of anilines is 1. The lowest BCUT2D eigenvalue weighted by Crippen LogP contribution is -2.24. The monoisotopic (exact) mass is 445 g/mol. The van der Waals surface area contributed by atoms with Crippen molar-refractivity contribution in [1.29, 1.82) is 0 Å². The second-order valence-electron chi connectivity index (χ2n) is 6.42. The van der Waals surface area contributed by atoms with Gasteiger partial charge in [-0.05, 0) is 31.5 Å². The maximum atomic E-state index is 12.2. The number of sulfone groups is 1. The van der Waals surface area contributed by atoms with Crippen molar-refractivity contribution >= 4 is 50.7 Å². The number of rotatable bonds is 5.